The Morgan fingerprint density at radius 1 is 1.19 bits per heavy atom. The van der Waals surface area contributed by atoms with Crippen LogP contribution in [0, 0.1) is 13.8 Å². The van der Waals surface area contributed by atoms with Crippen molar-refractivity contribution in [3.8, 4) is 11.3 Å². The molecule has 82 valence electrons. The molecule has 1 heterocycles. The van der Waals surface area contributed by atoms with Gasteiger partial charge in [0.2, 0.25) is 0 Å². The van der Waals surface area contributed by atoms with Gasteiger partial charge in [-0.2, -0.15) is 0 Å². The molecule has 0 radical (unpaired) electrons. The highest BCUT2D eigenvalue weighted by Crippen LogP contribution is 2.27. The van der Waals surface area contributed by atoms with Crippen LogP contribution < -0.4 is 0 Å². The first-order chi connectivity index (χ1) is 7.58. The van der Waals surface area contributed by atoms with Crippen molar-refractivity contribution in [3.63, 3.8) is 0 Å². The minimum absolute atomic E-state index is 0.516. The van der Waals surface area contributed by atoms with E-state index in [1.807, 2.05) is 38.1 Å². The zero-order valence-electron chi connectivity index (χ0n) is 8.96. The average Bonchev–Trinajstić information content (AvgIpc) is 2.23. The molecule has 0 aliphatic heterocycles. The van der Waals surface area contributed by atoms with Gasteiger partial charge in [-0.1, -0.05) is 39.7 Å². The van der Waals surface area contributed by atoms with E-state index in [1.165, 1.54) is 0 Å². The first-order valence-electron chi connectivity index (χ1n) is 4.84. The Labute approximate surface area is 108 Å². The molecule has 0 atom stereocenters. The predicted octanol–water partition coefficient (Wildman–Crippen LogP) is 4.18. The molecule has 0 fully saturated rings. The van der Waals surface area contributed by atoms with E-state index >= 15 is 0 Å². The van der Waals surface area contributed by atoms with Crippen molar-refractivity contribution in [3.05, 3.63) is 45.3 Å². The van der Waals surface area contributed by atoms with E-state index in [9.17, 15) is 0 Å². The normalized spacial score (nSPS) is 10.5. The zero-order valence-corrected chi connectivity index (χ0v) is 11.3. The van der Waals surface area contributed by atoms with Crippen molar-refractivity contribution in [2.75, 3.05) is 0 Å². The van der Waals surface area contributed by atoms with Crippen LogP contribution in [-0.2, 0) is 0 Å². The fourth-order valence-corrected chi connectivity index (χ4v) is 2.12. The van der Waals surface area contributed by atoms with E-state index in [1.54, 1.807) is 0 Å². The Morgan fingerprint density at radius 3 is 2.62 bits per heavy atom. The van der Waals surface area contributed by atoms with E-state index in [0.717, 1.165) is 21.3 Å². The summed E-state index contributed by atoms with van der Waals surface area (Å²) in [7, 11) is 0. The van der Waals surface area contributed by atoms with Crippen molar-refractivity contribution < 1.29 is 0 Å². The first kappa shape index (κ1) is 11.6. The summed E-state index contributed by atoms with van der Waals surface area (Å²) in [4.78, 5) is 8.55. The van der Waals surface area contributed by atoms with E-state index in [4.69, 9.17) is 11.6 Å². The third kappa shape index (κ3) is 2.25. The third-order valence-corrected chi connectivity index (χ3v) is 3.16. The number of benzene rings is 1. The molecule has 2 rings (SSSR count). The van der Waals surface area contributed by atoms with Gasteiger partial charge in [-0.05, 0) is 26.0 Å². The highest BCUT2D eigenvalue weighted by Gasteiger charge is 2.09. The van der Waals surface area contributed by atoms with Crippen molar-refractivity contribution in [1.29, 1.82) is 0 Å². The first-order valence-corrected chi connectivity index (χ1v) is 6.01. The number of rotatable bonds is 1. The van der Waals surface area contributed by atoms with Gasteiger partial charge in [0.25, 0.3) is 0 Å². The molecule has 0 amide bonds. The molecule has 1 aromatic heterocycles. The van der Waals surface area contributed by atoms with Crippen LogP contribution in [-0.4, -0.2) is 9.97 Å². The van der Waals surface area contributed by atoms with Crippen LogP contribution in [0.3, 0.4) is 0 Å². The molecule has 4 heteroatoms. The average molecular weight is 298 g/mol. The minimum atomic E-state index is 0.516. The molecule has 2 nitrogen and oxygen atoms in total. The summed E-state index contributed by atoms with van der Waals surface area (Å²) in [5.41, 5.74) is 2.84. The molecule has 0 aliphatic rings. The molecule has 0 unspecified atom stereocenters. The van der Waals surface area contributed by atoms with Crippen molar-refractivity contribution in [2.45, 2.75) is 13.8 Å². The SMILES string of the molecule is Cc1nc(Cl)c(C)c(-c2cccc(Br)c2)n1. The number of hydrogen-bond acceptors (Lipinski definition) is 2. The Kier molecular flexibility index (Phi) is 3.26. The van der Waals surface area contributed by atoms with Crippen molar-refractivity contribution >= 4 is 27.5 Å². The van der Waals surface area contributed by atoms with Crippen LogP contribution in [0.1, 0.15) is 11.4 Å². The van der Waals surface area contributed by atoms with Gasteiger partial charge in [-0.25, -0.2) is 9.97 Å². The summed E-state index contributed by atoms with van der Waals surface area (Å²) < 4.78 is 1.02. The molecule has 2 aromatic rings. The Morgan fingerprint density at radius 2 is 1.94 bits per heavy atom. The van der Waals surface area contributed by atoms with Crippen molar-refractivity contribution in [2.24, 2.45) is 0 Å². The highest BCUT2D eigenvalue weighted by atomic mass is 79.9. The van der Waals surface area contributed by atoms with Gasteiger partial charge < -0.3 is 0 Å². The van der Waals surface area contributed by atoms with E-state index in [0.29, 0.717) is 11.0 Å². The van der Waals surface area contributed by atoms with Gasteiger partial charge in [0, 0.05) is 15.6 Å². The Bertz CT molecular complexity index is 541. The molecule has 1 aromatic carbocycles. The summed E-state index contributed by atoms with van der Waals surface area (Å²) >= 11 is 9.49. The number of halogens is 2. The Hall–Kier alpha value is -0.930. The lowest BCUT2D eigenvalue weighted by Crippen LogP contribution is -1.96. The molecule has 0 aliphatic carbocycles. The van der Waals surface area contributed by atoms with Crippen molar-refractivity contribution in [1.82, 2.24) is 9.97 Å². The molecular formula is C12H10BrClN2. The van der Waals surface area contributed by atoms with Gasteiger partial charge in [0.1, 0.15) is 11.0 Å². The van der Waals surface area contributed by atoms with E-state index < -0.39 is 0 Å². The van der Waals surface area contributed by atoms with Gasteiger partial charge in [-0.15, -0.1) is 0 Å². The van der Waals surface area contributed by atoms with Crippen LogP contribution in [0.25, 0.3) is 11.3 Å². The van der Waals surface area contributed by atoms with Gasteiger partial charge in [-0.3, -0.25) is 0 Å². The second kappa shape index (κ2) is 4.52. The van der Waals surface area contributed by atoms with Gasteiger partial charge in [0.05, 0.1) is 5.69 Å². The summed E-state index contributed by atoms with van der Waals surface area (Å²) in [6.07, 6.45) is 0. The van der Waals surface area contributed by atoms with Crippen LogP contribution in [0.4, 0.5) is 0 Å². The topological polar surface area (TPSA) is 25.8 Å². The fourth-order valence-electron chi connectivity index (χ4n) is 1.51. The van der Waals surface area contributed by atoms with Crippen LogP contribution in [0.5, 0.6) is 0 Å². The number of aromatic nitrogens is 2. The molecule has 16 heavy (non-hydrogen) atoms. The molecule has 0 bridgehead atoms. The largest absolute Gasteiger partial charge is 0.233 e. The minimum Gasteiger partial charge on any atom is -0.233 e. The fraction of sp³-hybridized carbons (Fsp3) is 0.167. The lowest BCUT2D eigenvalue weighted by molar-refractivity contribution is 1.04. The molecule has 0 N–H and O–H groups in total. The van der Waals surface area contributed by atoms with Crippen LogP contribution in [0.15, 0.2) is 28.7 Å². The number of aryl methyl sites for hydroxylation is 1. The van der Waals surface area contributed by atoms with Gasteiger partial charge >= 0.3 is 0 Å². The highest BCUT2D eigenvalue weighted by molar-refractivity contribution is 9.10. The monoisotopic (exact) mass is 296 g/mol. The maximum atomic E-state index is 6.05. The smallest absolute Gasteiger partial charge is 0.136 e. The Balaban J connectivity index is 2.64. The van der Waals surface area contributed by atoms with Gasteiger partial charge in [0.15, 0.2) is 0 Å². The molecule has 0 saturated carbocycles. The second-order valence-electron chi connectivity index (χ2n) is 3.55. The maximum Gasteiger partial charge on any atom is 0.136 e. The van der Waals surface area contributed by atoms with E-state index in [-0.39, 0.29) is 0 Å². The zero-order chi connectivity index (χ0) is 11.7. The molecule has 0 saturated heterocycles. The number of nitrogens with zero attached hydrogens (tertiary/aromatic N) is 2. The number of hydrogen-bond donors (Lipinski definition) is 0. The summed E-state index contributed by atoms with van der Waals surface area (Å²) in [6.45, 7) is 3.77. The lowest BCUT2D eigenvalue weighted by atomic mass is 10.1. The third-order valence-electron chi connectivity index (χ3n) is 2.30. The molecule has 0 spiro atoms. The van der Waals surface area contributed by atoms with Crippen LogP contribution >= 0.6 is 27.5 Å². The second-order valence-corrected chi connectivity index (χ2v) is 4.82. The summed E-state index contributed by atoms with van der Waals surface area (Å²) in [5.74, 6) is 0.686. The lowest BCUT2D eigenvalue weighted by Gasteiger charge is -2.07. The van der Waals surface area contributed by atoms with Crippen LogP contribution in [0.2, 0.25) is 5.15 Å². The molecular weight excluding hydrogens is 288 g/mol. The quantitative estimate of drug-likeness (QED) is 0.738. The van der Waals surface area contributed by atoms with E-state index in [2.05, 4.69) is 25.9 Å². The standard InChI is InChI=1S/C12H10BrClN2/c1-7-11(15-8(2)16-12(7)14)9-4-3-5-10(13)6-9/h3-6H,1-2H3. The maximum absolute atomic E-state index is 6.05. The summed E-state index contributed by atoms with van der Waals surface area (Å²) in [5, 5.41) is 0.516. The predicted molar refractivity (Wildman–Crippen MR) is 69.7 cm³/mol. The summed E-state index contributed by atoms with van der Waals surface area (Å²) in [6, 6.07) is 7.99.